The molecule has 210 valence electrons. The number of nitrogens with zero attached hydrogens (tertiary/aromatic N) is 3. The van der Waals surface area contributed by atoms with Gasteiger partial charge >= 0.3 is 5.97 Å². The van der Waals surface area contributed by atoms with Crippen LogP contribution in [-0.2, 0) is 9.53 Å². The number of esters is 1. The lowest BCUT2D eigenvalue weighted by atomic mass is 10.1. The maximum absolute atomic E-state index is 13.0. The highest BCUT2D eigenvalue weighted by Crippen LogP contribution is 2.40. The van der Waals surface area contributed by atoms with E-state index in [0.29, 0.717) is 36.2 Å². The predicted molar refractivity (Wildman–Crippen MR) is 151 cm³/mol. The van der Waals surface area contributed by atoms with Crippen LogP contribution >= 0.6 is 0 Å². The number of aryl methyl sites for hydroxylation is 1. The number of carbonyl (C=O) groups excluding carboxylic acids is 1. The van der Waals surface area contributed by atoms with Gasteiger partial charge in [0.25, 0.3) is 6.47 Å². The monoisotopic (exact) mass is 548 g/mol. The summed E-state index contributed by atoms with van der Waals surface area (Å²) in [4.78, 5) is 32.0. The molecule has 0 spiro atoms. The molecule has 11 nitrogen and oxygen atoms in total. The largest absolute Gasteiger partial charge is 0.504 e. The number of rotatable bonds is 10. The third kappa shape index (κ3) is 7.06. The van der Waals surface area contributed by atoms with E-state index in [1.807, 2.05) is 51.4 Å². The van der Waals surface area contributed by atoms with Crippen LogP contribution in [0.4, 0.5) is 17.4 Å². The molecule has 3 aromatic rings. The zero-order chi connectivity index (χ0) is 28.6. The topological polar surface area (TPSA) is 147 Å². The van der Waals surface area contributed by atoms with Crippen LogP contribution in [0.2, 0.25) is 0 Å². The van der Waals surface area contributed by atoms with Gasteiger partial charge in [-0.2, -0.15) is 0 Å². The van der Waals surface area contributed by atoms with Crippen molar-refractivity contribution >= 4 is 47.7 Å². The maximum atomic E-state index is 13.0. The van der Waals surface area contributed by atoms with Crippen LogP contribution in [0.5, 0.6) is 11.5 Å². The van der Waals surface area contributed by atoms with E-state index in [0.717, 1.165) is 36.3 Å². The SMILES string of the molecule is Cc1cc(OCCN(C)C)ccc1Nc1oc(C=C2C=Nc3ncccc32)c(O)c1C(=O)OCC1CC1.O=CO. The molecule has 2 aromatic heterocycles. The Kier molecular flexibility index (Phi) is 9.18. The lowest BCUT2D eigenvalue weighted by Gasteiger charge is -2.13. The molecule has 1 aliphatic heterocycles. The van der Waals surface area contributed by atoms with Gasteiger partial charge in [-0.15, -0.1) is 0 Å². The first-order chi connectivity index (χ1) is 19.3. The summed E-state index contributed by atoms with van der Waals surface area (Å²) in [6.07, 6.45) is 7.05. The molecule has 0 radical (unpaired) electrons. The predicted octanol–water partition coefficient (Wildman–Crippen LogP) is 4.90. The third-order valence-corrected chi connectivity index (χ3v) is 6.22. The molecule has 1 fully saturated rings. The van der Waals surface area contributed by atoms with Gasteiger partial charge in [0, 0.05) is 35.8 Å². The zero-order valence-electron chi connectivity index (χ0n) is 22.6. The number of carboxylic acid groups (broad SMARTS) is 1. The molecule has 40 heavy (non-hydrogen) atoms. The molecule has 2 aliphatic rings. The molecule has 1 aromatic carbocycles. The molecule has 1 aliphatic carbocycles. The van der Waals surface area contributed by atoms with Crippen molar-refractivity contribution in [3.8, 4) is 11.5 Å². The highest BCUT2D eigenvalue weighted by molar-refractivity contribution is 6.21. The Hall–Kier alpha value is -4.64. The standard InChI is InChI=1S/C28H30N4O5.CH2O2/c1-17-13-20(35-12-11-32(2)3)8-9-22(17)31-27-24(28(34)36-16-18-6-7-18)25(33)23(37-27)14-19-15-30-26-21(19)5-4-10-29-26;2-1-3/h4-5,8-10,13-15,18,31,33H,6-7,11-12,16H2,1-3H3;1H,(H,2,3). The molecule has 0 saturated heterocycles. The first kappa shape index (κ1) is 28.4. The summed E-state index contributed by atoms with van der Waals surface area (Å²) < 4.78 is 17.3. The minimum atomic E-state index is -0.635. The number of furan rings is 1. The van der Waals surface area contributed by atoms with Crippen LogP contribution in [0.15, 0.2) is 45.9 Å². The van der Waals surface area contributed by atoms with E-state index in [1.165, 1.54) is 0 Å². The fourth-order valence-corrected chi connectivity index (χ4v) is 3.88. The van der Waals surface area contributed by atoms with Crippen molar-refractivity contribution in [2.75, 3.05) is 39.2 Å². The van der Waals surface area contributed by atoms with E-state index in [-0.39, 0.29) is 29.4 Å². The molecular weight excluding hydrogens is 516 g/mol. The fourth-order valence-electron chi connectivity index (χ4n) is 3.88. The molecule has 5 rings (SSSR count). The van der Waals surface area contributed by atoms with E-state index < -0.39 is 5.97 Å². The molecule has 3 N–H and O–H groups in total. The second-order valence-electron chi connectivity index (χ2n) is 9.65. The Labute approximate surface area is 231 Å². The van der Waals surface area contributed by atoms with Crippen LogP contribution in [0, 0.1) is 12.8 Å². The minimum Gasteiger partial charge on any atom is -0.504 e. The number of nitrogens with one attached hydrogen (secondary N) is 1. The number of aromatic hydroxyl groups is 1. The number of likely N-dealkylation sites (N-methyl/N-ethyl adjacent to an activating group) is 1. The Balaban J connectivity index is 0.00000118. The van der Waals surface area contributed by atoms with Gasteiger partial charge in [0.1, 0.15) is 12.4 Å². The van der Waals surface area contributed by atoms with Crippen molar-refractivity contribution in [3.63, 3.8) is 0 Å². The summed E-state index contributed by atoms with van der Waals surface area (Å²) in [6.45, 7) is 3.38. The number of carbonyl (C=O) groups is 2. The molecule has 0 amide bonds. The van der Waals surface area contributed by atoms with Crippen molar-refractivity contribution in [1.82, 2.24) is 9.88 Å². The van der Waals surface area contributed by atoms with Crippen molar-refractivity contribution in [3.05, 3.63) is 59.0 Å². The average Bonchev–Trinajstić information content (AvgIpc) is 3.59. The maximum Gasteiger partial charge on any atom is 0.347 e. The Morgan fingerprint density at radius 2 is 2.05 bits per heavy atom. The first-order valence-corrected chi connectivity index (χ1v) is 12.8. The summed E-state index contributed by atoms with van der Waals surface area (Å²) in [5.41, 5.74) is 3.08. The van der Waals surface area contributed by atoms with Crippen LogP contribution in [0.25, 0.3) is 11.6 Å². The summed E-state index contributed by atoms with van der Waals surface area (Å²) in [6, 6.07) is 9.31. The number of allylic oxidation sites excluding steroid dienone is 1. The number of fused-ring (bicyclic) bond motifs is 1. The van der Waals surface area contributed by atoms with Gasteiger partial charge in [-0.1, -0.05) is 0 Å². The molecule has 1 saturated carbocycles. The quantitative estimate of drug-likeness (QED) is 0.236. The normalized spacial score (nSPS) is 14.4. The van der Waals surface area contributed by atoms with Gasteiger partial charge in [0.05, 0.1) is 6.61 Å². The van der Waals surface area contributed by atoms with E-state index in [9.17, 15) is 9.90 Å². The number of anilines is 2. The van der Waals surface area contributed by atoms with Gasteiger partial charge < -0.3 is 34.3 Å². The molecular formula is C29H32N4O7. The number of hydrogen-bond acceptors (Lipinski definition) is 10. The van der Waals surface area contributed by atoms with Crippen molar-refractivity contribution in [1.29, 1.82) is 0 Å². The van der Waals surface area contributed by atoms with E-state index in [1.54, 1.807) is 18.5 Å². The lowest BCUT2D eigenvalue weighted by Crippen LogP contribution is -2.19. The summed E-state index contributed by atoms with van der Waals surface area (Å²) in [5.74, 6) is 1.03. The van der Waals surface area contributed by atoms with E-state index >= 15 is 0 Å². The molecule has 0 atom stereocenters. The Morgan fingerprint density at radius 3 is 2.75 bits per heavy atom. The number of aliphatic imine (C=N–C) groups is 1. The number of benzene rings is 1. The van der Waals surface area contributed by atoms with E-state index in [4.69, 9.17) is 23.8 Å². The Morgan fingerprint density at radius 1 is 1.27 bits per heavy atom. The average molecular weight is 549 g/mol. The number of aromatic nitrogens is 1. The van der Waals surface area contributed by atoms with Gasteiger partial charge in [0.15, 0.2) is 22.9 Å². The van der Waals surface area contributed by atoms with Gasteiger partial charge in [-0.3, -0.25) is 4.79 Å². The summed E-state index contributed by atoms with van der Waals surface area (Å²) >= 11 is 0. The van der Waals surface area contributed by atoms with Crippen LogP contribution in [-0.4, -0.2) is 72.6 Å². The minimum absolute atomic E-state index is 0.0421. The van der Waals surface area contributed by atoms with Gasteiger partial charge in [-0.05, 0) is 81.7 Å². The molecule has 0 unspecified atom stereocenters. The molecule has 11 heteroatoms. The van der Waals surface area contributed by atoms with Gasteiger partial charge in [0.2, 0.25) is 5.88 Å². The van der Waals surface area contributed by atoms with Crippen molar-refractivity contribution in [2.45, 2.75) is 19.8 Å². The van der Waals surface area contributed by atoms with Crippen molar-refractivity contribution in [2.24, 2.45) is 10.9 Å². The van der Waals surface area contributed by atoms with Crippen molar-refractivity contribution < 1.29 is 33.7 Å². The highest BCUT2D eigenvalue weighted by atomic mass is 16.5. The summed E-state index contributed by atoms with van der Waals surface area (Å²) in [7, 11) is 3.99. The second kappa shape index (κ2) is 12.9. The third-order valence-electron chi connectivity index (χ3n) is 6.22. The lowest BCUT2D eigenvalue weighted by molar-refractivity contribution is -0.122. The number of hydrogen-bond donors (Lipinski definition) is 3. The summed E-state index contributed by atoms with van der Waals surface area (Å²) in [5, 5.41) is 21.1. The smallest absolute Gasteiger partial charge is 0.347 e. The van der Waals surface area contributed by atoms with E-state index in [2.05, 4.69) is 20.2 Å². The number of ether oxygens (including phenoxy) is 2. The van der Waals surface area contributed by atoms with Crippen LogP contribution < -0.4 is 10.1 Å². The zero-order valence-corrected chi connectivity index (χ0v) is 22.6. The fraction of sp³-hybridized carbons (Fsp3) is 0.310. The van der Waals surface area contributed by atoms with Crippen LogP contribution in [0.3, 0.4) is 0 Å². The van der Waals surface area contributed by atoms with Crippen LogP contribution in [0.1, 0.15) is 40.1 Å². The highest BCUT2D eigenvalue weighted by Gasteiger charge is 2.30. The Bertz CT molecular complexity index is 1420. The first-order valence-electron chi connectivity index (χ1n) is 12.8. The van der Waals surface area contributed by atoms with Gasteiger partial charge in [-0.25, -0.2) is 14.8 Å². The second-order valence-corrected chi connectivity index (χ2v) is 9.65. The number of pyridine rings is 1. The molecule has 0 bridgehead atoms. The molecule has 3 heterocycles.